The normalized spacial score (nSPS) is 21.4. The van der Waals surface area contributed by atoms with E-state index in [0.717, 1.165) is 12.1 Å². The minimum Gasteiger partial charge on any atom is -0.452 e. The third kappa shape index (κ3) is 4.98. The molecule has 2 heterocycles. The molecule has 1 aliphatic rings. The molecule has 2 N–H and O–H groups in total. The fourth-order valence-electron chi connectivity index (χ4n) is 3.24. The number of benzene rings is 1. The Hall–Kier alpha value is -2.27. The number of alkyl halides is 3. The average molecular weight is 527 g/mol. The fourth-order valence-corrected chi connectivity index (χ4v) is 3.98. The standard InChI is InChI=1S/C19H14BrClF5N3O2/c1-18(6-14(19(24,25)26)31-17(27)29-18)10-2-8(3-12(22)15(10)23)4-13(30)16-11(21)5-9(20)7-28-16/h2-3,5,7,14H,4,6H2,1H3,(H2,27,29)/t14-,18-/m0/s1. The zero-order chi connectivity index (χ0) is 23.1. The van der Waals surface area contributed by atoms with Crippen molar-refractivity contribution in [3.8, 4) is 0 Å². The van der Waals surface area contributed by atoms with Crippen molar-refractivity contribution in [2.45, 2.75) is 37.6 Å². The Labute approximate surface area is 186 Å². The van der Waals surface area contributed by atoms with Crippen molar-refractivity contribution >= 4 is 39.3 Å². The summed E-state index contributed by atoms with van der Waals surface area (Å²) in [6.45, 7) is 1.18. The van der Waals surface area contributed by atoms with E-state index >= 15 is 0 Å². The van der Waals surface area contributed by atoms with Crippen molar-refractivity contribution in [3.63, 3.8) is 0 Å². The minimum atomic E-state index is -4.80. The number of pyridine rings is 1. The van der Waals surface area contributed by atoms with Crippen LogP contribution in [0.2, 0.25) is 5.02 Å². The number of ether oxygens (including phenoxy) is 1. The number of nitrogens with zero attached hydrogens (tertiary/aromatic N) is 2. The van der Waals surface area contributed by atoms with Crippen molar-refractivity contribution in [2.75, 3.05) is 0 Å². The topological polar surface area (TPSA) is 77.6 Å². The molecule has 0 fully saturated rings. The lowest BCUT2D eigenvalue weighted by molar-refractivity contribution is -0.208. The van der Waals surface area contributed by atoms with Crippen LogP contribution < -0.4 is 5.73 Å². The van der Waals surface area contributed by atoms with E-state index in [2.05, 4.69) is 30.6 Å². The molecule has 31 heavy (non-hydrogen) atoms. The van der Waals surface area contributed by atoms with Gasteiger partial charge in [-0.05, 0) is 46.6 Å². The lowest BCUT2D eigenvalue weighted by Gasteiger charge is -2.36. The number of amidine groups is 1. The summed E-state index contributed by atoms with van der Waals surface area (Å²) in [6.07, 6.45) is -7.06. The summed E-state index contributed by atoms with van der Waals surface area (Å²) in [7, 11) is 0. The summed E-state index contributed by atoms with van der Waals surface area (Å²) in [6, 6.07) is 2.50. The number of carbonyl (C=O) groups is 1. The number of nitrogens with two attached hydrogens (primary N) is 1. The number of ketones is 1. The largest absolute Gasteiger partial charge is 0.452 e. The highest BCUT2D eigenvalue weighted by Gasteiger charge is 2.50. The first-order valence-electron chi connectivity index (χ1n) is 8.71. The van der Waals surface area contributed by atoms with E-state index in [-0.39, 0.29) is 16.3 Å². The highest BCUT2D eigenvalue weighted by atomic mass is 79.9. The molecule has 0 saturated carbocycles. The molecule has 2 aromatic rings. The summed E-state index contributed by atoms with van der Waals surface area (Å²) in [5, 5.41) is 0.0453. The molecule has 0 saturated heterocycles. The van der Waals surface area contributed by atoms with E-state index in [9.17, 15) is 26.7 Å². The van der Waals surface area contributed by atoms with Gasteiger partial charge in [-0.15, -0.1) is 0 Å². The van der Waals surface area contributed by atoms with E-state index in [1.807, 2.05) is 0 Å². The first-order chi connectivity index (χ1) is 14.3. The van der Waals surface area contributed by atoms with Gasteiger partial charge in [-0.1, -0.05) is 11.6 Å². The van der Waals surface area contributed by atoms with Crippen molar-refractivity contribution in [2.24, 2.45) is 10.7 Å². The number of Topliss-reactive ketones (excluding diaryl/α,β-unsaturated/α-hetero) is 1. The SMILES string of the molecule is C[C@@]1(c2cc(CC(=O)c3ncc(Br)cc3Cl)cc(F)c2F)C[C@@H](C(F)(F)F)OC(N)=N1. The van der Waals surface area contributed by atoms with Gasteiger partial charge >= 0.3 is 6.18 Å². The maximum Gasteiger partial charge on any atom is 0.425 e. The van der Waals surface area contributed by atoms with E-state index in [1.165, 1.54) is 19.2 Å². The second-order valence-electron chi connectivity index (χ2n) is 7.10. The van der Waals surface area contributed by atoms with E-state index in [1.54, 1.807) is 0 Å². The van der Waals surface area contributed by atoms with Crippen molar-refractivity contribution in [1.82, 2.24) is 4.98 Å². The van der Waals surface area contributed by atoms with E-state index < -0.39 is 59.7 Å². The van der Waals surface area contributed by atoms with Crippen LogP contribution >= 0.6 is 27.5 Å². The van der Waals surface area contributed by atoms with Crippen LogP contribution in [0.25, 0.3) is 0 Å². The summed E-state index contributed by atoms with van der Waals surface area (Å²) in [5.41, 5.74) is 2.94. The quantitative estimate of drug-likeness (QED) is 0.445. The zero-order valence-electron chi connectivity index (χ0n) is 15.7. The molecule has 1 aliphatic heterocycles. The van der Waals surface area contributed by atoms with Crippen LogP contribution in [0.1, 0.15) is 35.0 Å². The Balaban J connectivity index is 1.99. The molecule has 0 bridgehead atoms. The Morgan fingerprint density at radius 1 is 1.35 bits per heavy atom. The van der Waals surface area contributed by atoms with Crippen LogP contribution in [0.4, 0.5) is 22.0 Å². The molecule has 166 valence electrons. The summed E-state index contributed by atoms with van der Waals surface area (Å²) >= 11 is 9.15. The van der Waals surface area contributed by atoms with Crippen molar-refractivity contribution in [3.05, 3.63) is 62.3 Å². The lowest BCUT2D eigenvalue weighted by atomic mass is 9.84. The molecule has 3 rings (SSSR count). The van der Waals surface area contributed by atoms with Gasteiger partial charge in [0.2, 0.25) is 0 Å². The van der Waals surface area contributed by atoms with Gasteiger partial charge in [0, 0.05) is 29.1 Å². The van der Waals surface area contributed by atoms with Gasteiger partial charge in [0.05, 0.1) is 10.6 Å². The molecule has 1 aromatic carbocycles. The molecular weight excluding hydrogens is 513 g/mol. The van der Waals surface area contributed by atoms with Crippen LogP contribution in [0.3, 0.4) is 0 Å². The minimum absolute atomic E-state index is 0.00438. The van der Waals surface area contributed by atoms with Crippen LogP contribution in [0.5, 0.6) is 0 Å². The van der Waals surface area contributed by atoms with Gasteiger partial charge < -0.3 is 10.5 Å². The summed E-state index contributed by atoms with van der Waals surface area (Å²) < 4.78 is 73.5. The number of aliphatic imine (C=N–C) groups is 1. The number of hydrogen-bond donors (Lipinski definition) is 1. The summed E-state index contributed by atoms with van der Waals surface area (Å²) in [4.78, 5) is 20.3. The van der Waals surface area contributed by atoms with Crippen molar-refractivity contribution < 1.29 is 31.5 Å². The predicted octanol–water partition coefficient (Wildman–Crippen LogP) is 5.08. The molecule has 5 nitrogen and oxygen atoms in total. The van der Waals surface area contributed by atoms with E-state index in [4.69, 9.17) is 17.3 Å². The Kier molecular flexibility index (Phi) is 6.30. The van der Waals surface area contributed by atoms with Crippen molar-refractivity contribution in [1.29, 1.82) is 0 Å². The molecule has 0 aliphatic carbocycles. The van der Waals surface area contributed by atoms with Gasteiger partial charge in [-0.3, -0.25) is 9.78 Å². The maximum atomic E-state index is 14.6. The average Bonchev–Trinajstić information content (AvgIpc) is 2.62. The van der Waals surface area contributed by atoms with Gasteiger partial charge in [0.25, 0.3) is 6.02 Å². The molecule has 2 atom stereocenters. The number of rotatable bonds is 4. The maximum absolute atomic E-state index is 14.6. The van der Waals surface area contributed by atoms with Crippen LogP contribution in [0, 0.1) is 11.6 Å². The third-order valence-corrected chi connectivity index (χ3v) is 5.39. The van der Waals surface area contributed by atoms with Crippen LogP contribution in [-0.4, -0.2) is 29.1 Å². The molecule has 0 radical (unpaired) electrons. The monoisotopic (exact) mass is 525 g/mol. The van der Waals surface area contributed by atoms with Gasteiger partial charge in [0.1, 0.15) is 5.69 Å². The van der Waals surface area contributed by atoms with Gasteiger partial charge in [-0.25, -0.2) is 13.8 Å². The molecule has 12 heteroatoms. The predicted molar refractivity (Wildman–Crippen MR) is 106 cm³/mol. The number of hydrogen-bond acceptors (Lipinski definition) is 5. The van der Waals surface area contributed by atoms with Gasteiger partial charge in [0.15, 0.2) is 23.5 Å². The number of aromatic nitrogens is 1. The molecule has 0 unspecified atom stereocenters. The molecule has 0 spiro atoms. The second-order valence-corrected chi connectivity index (χ2v) is 8.42. The van der Waals surface area contributed by atoms with Gasteiger partial charge in [-0.2, -0.15) is 13.2 Å². The van der Waals surface area contributed by atoms with E-state index in [0.29, 0.717) is 4.47 Å². The highest BCUT2D eigenvalue weighted by Crippen LogP contribution is 2.41. The smallest absolute Gasteiger partial charge is 0.425 e. The Morgan fingerprint density at radius 2 is 2.03 bits per heavy atom. The Bertz CT molecular complexity index is 1080. The first kappa shape index (κ1) is 23.4. The van der Waals surface area contributed by atoms with Crippen LogP contribution in [-0.2, 0) is 16.7 Å². The molecule has 0 amide bonds. The second kappa shape index (κ2) is 8.34. The third-order valence-electron chi connectivity index (χ3n) is 4.67. The Morgan fingerprint density at radius 3 is 2.65 bits per heavy atom. The molecular formula is C19H14BrClF5N3O2. The zero-order valence-corrected chi connectivity index (χ0v) is 18.1. The number of carbonyl (C=O) groups excluding carboxylic acids is 1. The number of halogens is 7. The lowest BCUT2D eigenvalue weighted by Crippen LogP contribution is -2.46. The first-order valence-corrected chi connectivity index (χ1v) is 9.88. The van der Waals surface area contributed by atoms with Crippen LogP contribution in [0.15, 0.2) is 33.9 Å². The molecule has 1 aromatic heterocycles. The fraction of sp³-hybridized carbons (Fsp3) is 0.316. The summed E-state index contributed by atoms with van der Waals surface area (Å²) in [5.74, 6) is -3.33. The highest BCUT2D eigenvalue weighted by molar-refractivity contribution is 9.10.